The number of aromatic nitrogens is 2. The molecule has 0 radical (unpaired) electrons. The summed E-state index contributed by atoms with van der Waals surface area (Å²) < 4.78 is 11.2. The van der Waals surface area contributed by atoms with Gasteiger partial charge in [-0.15, -0.1) is 12.4 Å². The average molecular weight is 316 g/mol. The van der Waals surface area contributed by atoms with Crippen molar-refractivity contribution in [1.29, 1.82) is 0 Å². The second-order valence-corrected chi connectivity index (χ2v) is 4.83. The van der Waals surface area contributed by atoms with Crippen LogP contribution >= 0.6 is 12.4 Å². The lowest BCUT2D eigenvalue weighted by Crippen LogP contribution is -2.02. The number of hydrogen-bond acceptors (Lipinski definition) is 5. The maximum absolute atomic E-state index is 5.89. The summed E-state index contributed by atoms with van der Waals surface area (Å²) in [5.41, 5.74) is 2.32. The number of aryl methyl sites for hydroxylation is 1. The van der Waals surface area contributed by atoms with Crippen molar-refractivity contribution in [3.63, 3.8) is 0 Å². The molecule has 0 bridgehead atoms. The van der Waals surface area contributed by atoms with Gasteiger partial charge in [-0.05, 0) is 31.2 Å². The van der Waals surface area contributed by atoms with Crippen LogP contribution in [0, 0.1) is 6.92 Å². The Balaban J connectivity index is 0.00000144. The predicted molar refractivity (Wildman–Crippen MR) is 87.3 cm³/mol. The first-order chi connectivity index (χ1) is 10.3. The van der Waals surface area contributed by atoms with Crippen LogP contribution in [0.2, 0.25) is 0 Å². The molecule has 0 saturated carbocycles. The Labute approximate surface area is 132 Å². The zero-order valence-corrected chi connectivity index (χ0v) is 12.7. The Morgan fingerprint density at radius 2 is 1.95 bits per heavy atom. The van der Waals surface area contributed by atoms with E-state index in [1.165, 1.54) is 0 Å². The van der Waals surface area contributed by atoms with E-state index in [0.29, 0.717) is 23.8 Å². The number of halogens is 1. The minimum atomic E-state index is 0. The summed E-state index contributed by atoms with van der Waals surface area (Å²) in [4.78, 5) is 8.94. The highest BCUT2D eigenvalue weighted by Gasteiger charge is 2.14. The number of para-hydroxylation sites is 1. The fraction of sp³-hybridized carbons (Fsp3) is 0.125. The third-order valence-corrected chi connectivity index (χ3v) is 3.34. The molecule has 0 saturated heterocycles. The quantitative estimate of drug-likeness (QED) is 0.610. The topological polar surface area (TPSA) is 64.1 Å². The molecule has 0 amide bonds. The Hall–Kier alpha value is -2.53. The van der Waals surface area contributed by atoms with Crippen molar-refractivity contribution in [3.05, 3.63) is 54.2 Å². The van der Waals surface area contributed by atoms with Gasteiger partial charge < -0.3 is 14.2 Å². The van der Waals surface area contributed by atoms with Crippen LogP contribution in [0.25, 0.3) is 22.1 Å². The Bertz CT molecular complexity index is 916. The zero-order chi connectivity index (χ0) is 14.2. The van der Waals surface area contributed by atoms with Crippen LogP contribution in [0.3, 0.4) is 0 Å². The van der Waals surface area contributed by atoms with E-state index in [1.807, 2.05) is 43.3 Å². The van der Waals surface area contributed by atoms with Crippen molar-refractivity contribution in [2.24, 2.45) is 0 Å². The summed E-state index contributed by atoms with van der Waals surface area (Å²) >= 11 is 0. The van der Waals surface area contributed by atoms with Crippen LogP contribution in [-0.4, -0.2) is 9.97 Å². The summed E-state index contributed by atoms with van der Waals surface area (Å²) in [6.07, 6.45) is 1.65. The van der Waals surface area contributed by atoms with Crippen LogP contribution in [0.1, 0.15) is 11.6 Å². The molecule has 6 heteroatoms. The van der Waals surface area contributed by atoms with Gasteiger partial charge in [0.2, 0.25) is 0 Å². The lowest BCUT2D eigenvalue weighted by Gasteiger charge is -2.04. The second kappa shape index (κ2) is 5.69. The number of benzene rings is 1. The number of fused-ring (bicyclic) bond motifs is 3. The number of nitrogens with one attached hydrogen (secondary N) is 1. The molecule has 0 aliphatic rings. The molecule has 3 aromatic heterocycles. The monoisotopic (exact) mass is 315 g/mol. The first kappa shape index (κ1) is 14.4. The van der Waals surface area contributed by atoms with Crippen LogP contribution in [0.4, 0.5) is 5.82 Å². The molecule has 0 atom stereocenters. The molecule has 0 fully saturated rings. The summed E-state index contributed by atoms with van der Waals surface area (Å²) in [6, 6.07) is 11.6. The first-order valence-electron chi connectivity index (χ1n) is 6.73. The van der Waals surface area contributed by atoms with E-state index in [2.05, 4.69) is 15.3 Å². The van der Waals surface area contributed by atoms with Gasteiger partial charge in [-0.2, -0.15) is 0 Å². The Morgan fingerprint density at radius 1 is 1.09 bits per heavy atom. The van der Waals surface area contributed by atoms with Gasteiger partial charge in [0, 0.05) is 5.39 Å². The molecule has 0 aliphatic heterocycles. The molecule has 4 rings (SSSR count). The molecule has 1 aromatic carbocycles. The summed E-state index contributed by atoms with van der Waals surface area (Å²) in [5.74, 6) is 2.23. The van der Waals surface area contributed by atoms with Gasteiger partial charge in [-0.25, -0.2) is 9.97 Å². The summed E-state index contributed by atoms with van der Waals surface area (Å²) in [6.45, 7) is 2.43. The van der Waals surface area contributed by atoms with Gasteiger partial charge in [-0.1, -0.05) is 12.1 Å². The number of rotatable bonds is 3. The highest BCUT2D eigenvalue weighted by atomic mass is 35.5. The zero-order valence-electron chi connectivity index (χ0n) is 11.9. The standard InChI is InChI=1S/C16H13N3O2.ClH/c1-10-18-14-12-6-2-3-7-13(12)21-15(14)16(19-10)17-9-11-5-4-8-20-11;/h2-8H,9H2,1H3,(H,17,18,19);1H. The fourth-order valence-electron chi connectivity index (χ4n) is 2.41. The first-order valence-corrected chi connectivity index (χ1v) is 6.73. The number of nitrogens with zero attached hydrogens (tertiary/aromatic N) is 2. The van der Waals surface area contributed by atoms with Crippen molar-refractivity contribution in [3.8, 4) is 0 Å². The van der Waals surface area contributed by atoms with Gasteiger partial charge in [-0.3, -0.25) is 0 Å². The normalized spacial score (nSPS) is 10.8. The van der Waals surface area contributed by atoms with E-state index >= 15 is 0 Å². The minimum absolute atomic E-state index is 0. The molecule has 0 aliphatic carbocycles. The summed E-state index contributed by atoms with van der Waals surface area (Å²) in [7, 11) is 0. The van der Waals surface area contributed by atoms with Crippen molar-refractivity contribution in [2.75, 3.05) is 5.32 Å². The van der Waals surface area contributed by atoms with Gasteiger partial charge in [0.1, 0.15) is 22.7 Å². The van der Waals surface area contributed by atoms with E-state index in [1.54, 1.807) is 6.26 Å². The number of furan rings is 2. The molecular formula is C16H14ClN3O2. The van der Waals surface area contributed by atoms with Crippen LogP contribution in [0.5, 0.6) is 0 Å². The largest absolute Gasteiger partial charge is 0.467 e. The lowest BCUT2D eigenvalue weighted by molar-refractivity contribution is 0.517. The van der Waals surface area contributed by atoms with Crippen molar-refractivity contribution in [1.82, 2.24) is 9.97 Å². The predicted octanol–water partition coefficient (Wildman–Crippen LogP) is 4.31. The molecule has 5 nitrogen and oxygen atoms in total. The highest BCUT2D eigenvalue weighted by Crippen LogP contribution is 2.31. The van der Waals surface area contributed by atoms with E-state index in [9.17, 15) is 0 Å². The van der Waals surface area contributed by atoms with Crippen LogP contribution in [-0.2, 0) is 6.54 Å². The Morgan fingerprint density at radius 3 is 2.77 bits per heavy atom. The van der Waals surface area contributed by atoms with E-state index in [0.717, 1.165) is 22.2 Å². The third-order valence-electron chi connectivity index (χ3n) is 3.34. The Kier molecular flexibility index (Phi) is 3.73. The number of hydrogen-bond donors (Lipinski definition) is 1. The second-order valence-electron chi connectivity index (χ2n) is 4.83. The maximum atomic E-state index is 5.89. The van der Waals surface area contributed by atoms with Crippen LogP contribution in [0.15, 0.2) is 51.5 Å². The molecule has 112 valence electrons. The summed E-state index contributed by atoms with van der Waals surface area (Å²) in [5, 5.41) is 4.25. The van der Waals surface area contributed by atoms with Crippen molar-refractivity contribution < 1.29 is 8.83 Å². The highest BCUT2D eigenvalue weighted by molar-refractivity contribution is 6.05. The van der Waals surface area contributed by atoms with Gasteiger partial charge in [0.05, 0.1) is 12.8 Å². The molecular weight excluding hydrogens is 302 g/mol. The SMILES string of the molecule is Cc1nc(NCc2ccco2)c2oc3ccccc3c2n1.Cl. The maximum Gasteiger partial charge on any atom is 0.196 e. The van der Waals surface area contributed by atoms with Crippen LogP contribution < -0.4 is 5.32 Å². The van der Waals surface area contributed by atoms with E-state index < -0.39 is 0 Å². The molecule has 3 heterocycles. The van der Waals surface area contributed by atoms with Crippen molar-refractivity contribution in [2.45, 2.75) is 13.5 Å². The molecule has 1 N–H and O–H groups in total. The molecule has 0 unspecified atom stereocenters. The third kappa shape index (κ3) is 2.40. The van der Waals surface area contributed by atoms with Gasteiger partial charge in [0.15, 0.2) is 11.4 Å². The smallest absolute Gasteiger partial charge is 0.196 e. The van der Waals surface area contributed by atoms with Crippen molar-refractivity contribution >= 4 is 40.3 Å². The average Bonchev–Trinajstić information content (AvgIpc) is 3.12. The molecule has 0 spiro atoms. The van der Waals surface area contributed by atoms with E-state index in [-0.39, 0.29) is 12.4 Å². The fourth-order valence-corrected chi connectivity index (χ4v) is 2.41. The lowest BCUT2D eigenvalue weighted by atomic mass is 10.2. The molecule has 4 aromatic rings. The minimum Gasteiger partial charge on any atom is -0.467 e. The molecule has 22 heavy (non-hydrogen) atoms. The van der Waals surface area contributed by atoms with Gasteiger partial charge >= 0.3 is 0 Å². The van der Waals surface area contributed by atoms with Gasteiger partial charge in [0.25, 0.3) is 0 Å². The number of anilines is 1. The van der Waals surface area contributed by atoms with E-state index in [4.69, 9.17) is 8.83 Å².